The van der Waals surface area contributed by atoms with Crippen molar-refractivity contribution in [2.45, 2.75) is 58.7 Å². The maximum atomic E-state index is 12.1. The molecule has 0 saturated carbocycles. The quantitative estimate of drug-likeness (QED) is 0.756. The number of carbonyl (C=O) groups excluding carboxylic acids is 1. The zero-order valence-corrected chi connectivity index (χ0v) is 14.9. The van der Waals surface area contributed by atoms with Crippen LogP contribution in [0, 0.1) is 0 Å². The van der Waals surface area contributed by atoms with E-state index in [1.807, 2.05) is 12.1 Å². The highest BCUT2D eigenvalue weighted by Gasteiger charge is 2.17. The Balaban J connectivity index is 1.93. The lowest BCUT2D eigenvalue weighted by Gasteiger charge is -2.30. The lowest BCUT2D eigenvalue weighted by Crippen LogP contribution is -2.35. The summed E-state index contributed by atoms with van der Waals surface area (Å²) in [5.74, 6) is -0.00963. The van der Waals surface area contributed by atoms with Gasteiger partial charge in [0.1, 0.15) is 0 Å². The van der Waals surface area contributed by atoms with Gasteiger partial charge in [-0.3, -0.25) is 9.69 Å². The van der Waals surface area contributed by atoms with Crippen LogP contribution in [-0.4, -0.2) is 35.1 Å². The first-order valence-electron chi connectivity index (χ1n) is 9.06. The van der Waals surface area contributed by atoms with Crippen molar-refractivity contribution in [3.05, 3.63) is 47.0 Å². The van der Waals surface area contributed by atoms with E-state index in [0.29, 0.717) is 6.54 Å². The van der Waals surface area contributed by atoms with E-state index in [2.05, 4.69) is 36.2 Å². The Labute approximate surface area is 145 Å². The summed E-state index contributed by atoms with van der Waals surface area (Å²) in [5, 5.41) is 12.6. The molecule has 0 aliphatic carbocycles. The molecule has 0 atom stereocenters. The second-order valence-corrected chi connectivity index (χ2v) is 6.50. The fourth-order valence-electron chi connectivity index (χ4n) is 3.08. The number of aliphatic hydroxyl groups excluding tert-OH is 1. The van der Waals surface area contributed by atoms with Crippen molar-refractivity contribution in [2.75, 3.05) is 13.1 Å². The summed E-state index contributed by atoms with van der Waals surface area (Å²) < 4.78 is 0. The van der Waals surface area contributed by atoms with E-state index in [0.717, 1.165) is 45.3 Å². The van der Waals surface area contributed by atoms with Crippen molar-refractivity contribution in [3.63, 3.8) is 0 Å². The molecule has 2 N–H and O–H groups in total. The fraction of sp³-hybridized carbons (Fsp3) is 0.550. The molecule has 1 fully saturated rings. The Kier molecular flexibility index (Phi) is 7.47. The van der Waals surface area contributed by atoms with Gasteiger partial charge in [-0.1, -0.05) is 43.7 Å². The number of carbonyl (C=O) groups is 1. The van der Waals surface area contributed by atoms with Gasteiger partial charge in [0.05, 0.1) is 6.10 Å². The molecule has 0 spiro atoms. The minimum Gasteiger partial charge on any atom is -0.393 e. The first kappa shape index (κ1) is 18.7. The average molecular weight is 330 g/mol. The highest BCUT2D eigenvalue weighted by molar-refractivity contribution is 5.88. The lowest BCUT2D eigenvalue weighted by molar-refractivity contribution is -0.116. The van der Waals surface area contributed by atoms with E-state index >= 15 is 0 Å². The summed E-state index contributed by atoms with van der Waals surface area (Å²) >= 11 is 0. The number of hydrogen-bond donors (Lipinski definition) is 2. The topological polar surface area (TPSA) is 52.6 Å². The van der Waals surface area contributed by atoms with Crippen molar-refractivity contribution in [3.8, 4) is 0 Å². The molecule has 1 aliphatic rings. The maximum absolute atomic E-state index is 12.1. The first-order chi connectivity index (χ1) is 11.6. The third kappa shape index (κ3) is 5.77. The minimum absolute atomic E-state index is 0.00963. The molecule has 1 aliphatic heterocycles. The summed E-state index contributed by atoms with van der Waals surface area (Å²) in [6.45, 7) is 7.45. The Morgan fingerprint density at radius 2 is 1.83 bits per heavy atom. The van der Waals surface area contributed by atoms with Crippen LogP contribution in [0.25, 0.3) is 0 Å². The van der Waals surface area contributed by atoms with Crippen LogP contribution in [0.5, 0.6) is 0 Å². The highest BCUT2D eigenvalue weighted by Crippen LogP contribution is 2.16. The number of benzene rings is 1. The predicted molar refractivity (Wildman–Crippen MR) is 97.5 cm³/mol. The fourth-order valence-corrected chi connectivity index (χ4v) is 3.08. The van der Waals surface area contributed by atoms with Crippen molar-refractivity contribution >= 4 is 5.91 Å². The van der Waals surface area contributed by atoms with Gasteiger partial charge in [-0.25, -0.2) is 0 Å². The molecule has 2 rings (SSSR count). The number of amides is 1. The summed E-state index contributed by atoms with van der Waals surface area (Å²) in [6.07, 6.45) is 5.12. The molecule has 1 heterocycles. The second-order valence-electron chi connectivity index (χ2n) is 6.50. The second kappa shape index (κ2) is 9.60. The normalized spacial score (nSPS) is 16.0. The van der Waals surface area contributed by atoms with E-state index in [4.69, 9.17) is 0 Å². The third-order valence-electron chi connectivity index (χ3n) is 4.77. The third-order valence-corrected chi connectivity index (χ3v) is 4.77. The van der Waals surface area contributed by atoms with Gasteiger partial charge in [0.15, 0.2) is 0 Å². The Morgan fingerprint density at radius 3 is 2.46 bits per heavy atom. The zero-order valence-electron chi connectivity index (χ0n) is 14.9. The predicted octanol–water partition coefficient (Wildman–Crippen LogP) is 3.01. The Bertz CT molecular complexity index is 555. The molecule has 1 aromatic rings. The van der Waals surface area contributed by atoms with E-state index < -0.39 is 0 Å². The monoisotopic (exact) mass is 330 g/mol. The van der Waals surface area contributed by atoms with E-state index in [1.165, 1.54) is 16.7 Å². The van der Waals surface area contributed by atoms with Crippen LogP contribution in [0.15, 0.2) is 35.9 Å². The van der Waals surface area contributed by atoms with Gasteiger partial charge < -0.3 is 10.4 Å². The SMILES string of the molecule is CCC(=CC(=O)NCc1ccccc1CN1CCC(O)CC1)CC. The molecule has 24 heavy (non-hydrogen) atoms. The van der Waals surface area contributed by atoms with Crippen LogP contribution in [0.1, 0.15) is 50.7 Å². The Hall–Kier alpha value is -1.65. The molecule has 1 amide bonds. The summed E-state index contributed by atoms with van der Waals surface area (Å²) in [7, 11) is 0. The molecule has 0 bridgehead atoms. The lowest BCUT2D eigenvalue weighted by atomic mass is 10.0. The number of allylic oxidation sites excluding steroid dienone is 1. The number of rotatable bonds is 7. The smallest absolute Gasteiger partial charge is 0.244 e. The van der Waals surface area contributed by atoms with Crippen molar-refractivity contribution in [1.82, 2.24) is 10.2 Å². The minimum atomic E-state index is -0.145. The number of nitrogens with zero attached hydrogens (tertiary/aromatic N) is 1. The number of likely N-dealkylation sites (tertiary alicyclic amines) is 1. The molecule has 0 radical (unpaired) electrons. The van der Waals surface area contributed by atoms with Crippen LogP contribution in [0.2, 0.25) is 0 Å². The van der Waals surface area contributed by atoms with Gasteiger partial charge in [0, 0.05) is 32.3 Å². The Morgan fingerprint density at radius 1 is 1.21 bits per heavy atom. The molecule has 1 aromatic carbocycles. The molecular weight excluding hydrogens is 300 g/mol. The number of piperidine rings is 1. The molecule has 4 nitrogen and oxygen atoms in total. The summed E-state index contributed by atoms with van der Waals surface area (Å²) in [6, 6.07) is 8.28. The molecule has 132 valence electrons. The number of hydrogen-bond acceptors (Lipinski definition) is 3. The van der Waals surface area contributed by atoms with Gasteiger partial charge in [-0.2, -0.15) is 0 Å². The number of nitrogens with one attached hydrogen (secondary N) is 1. The highest BCUT2D eigenvalue weighted by atomic mass is 16.3. The molecule has 1 saturated heterocycles. The maximum Gasteiger partial charge on any atom is 0.244 e. The van der Waals surface area contributed by atoms with E-state index in [-0.39, 0.29) is 12.0 Å². The van der Waals surface area contributed by atoms with Crippen LogP contribution in [0.4, 0.5) is 0 Å². The van der Waals surface area contributed by atoms with Gasteiger partial charge in [0.25, 0.3) is 0 Å². The van der Waals surface area contributed by atoms with Gasteiger partial charge in [-0.15, -0.1) is 0 Å². The number of aliphatic hydroxyl groups is 1. The van der Waals surface area contributed by atoms with Crippen molar-refractivity contribution in [1.29, 1.82) is 0 Å². The first-order valence-corrected chi connectivity index (χ1v) is 9.06. The summed E-state index contributed by atoms with van der Waals surface area (Å²) in [4.78, 5) is 14.4. The largest absolute Gasteiger partial charge is 0.393 e. The van der Waals surface area contributed by atoms with E-state index in [1.54, 1.807) is 6.08 Å². The van der Waals surface area contributed by atoms with Crippen molar-refractivity contribution in [2.24, 2.45) is 0 Å². The van der Waals surface area contributed by atoms with Gasteiger partial charge in [-0.05, 0) is 36.8 Å². The summed E-state index contributed by atoms with van der Waals surface area (Å²) in [5.41, 5.74) is 3.59. The standard InChI is InChI=1S/C20H30N2O2/c1-3-16(4-2)13-20(24)21-14-17-7-5-6-8-18(17)15-22-11-9-19(23)10-12-22/h5-8,13,19,23H,3-4,9-12,14-15H2,1-2H3,(H,21,24). The van der Waals surface area contributed by atoms with Crippen LogP contribution >= 0.6 is 0 Å². The molecule has 0 unspecified atom stereocenters. The molecule has 4 heteroatoms. The molecule has 0 aromatic heterocycles. The van der Waals surface area contributed by atoms with Crippen LogP contribution in [0.3, 0.4) is 0 Å². The zero-order chi connectivity index (χ0) is 17.4. The van der Waals surface area contributed by atoms with Crippen molar-refractivity contribution < 1.29 is 9.90 Å². The molecular formula is C20H30N2O2. The van der Waals surface area contributed by atoms with Gasteiger partial charge in [0.2, 0.25) is 5.91 Å². The van der Waals surface area contributed by atoms with Gasteiger partial charge >= 0.3 is 0 Å². The van der Waals surface area contributed by atoms with E-state index in [9.17, 15) is 9.90 Å². The average Bonchev–Trinajstić information content (AvgIpc) is 2.61. The van der Waals surface area contributed by atoms with Crippen LogP contribution < -0.4 is 5.32 Å². The van der Waals surface area contributed by atoms with Crippen LogP contribution in [-0.2, 0) is 17.9 Å².